The van der Waals surface area contributed by atoms with Crippen molar-refractivity contribution in [2.75, 3.05) is 52.9 Å². The third-order valence-electron chi connectivity index (χ3n) is 2.60. The van der Waals surface area contributed by atoms with Crippen molar-refractivity contribution in [3.63, 3.8) is 0 Å². The highest BCUT2D eigenvalue weighted by molar-refractivity contribution is 5.87. The zero-order chi connectivity index (χ0) is 17.3. The van der Waals surface area contributed by atoms with Crippen molar-refractivity contribution in [3.05, 3.63) is 24.3 Å². The van der Waals surface area contributed by atoms with Gasteiger partial charge in [0.15, 0.2) is 0 Å². The van der Waals surface area contributed by atoms with Gasteiger partial charge in [0.1, 0.15) is 13.2 Å². The predicted molar refractivity (Wildman–Crippen MR) is 84.0 cm³/mol. The van der Waals surface area contributed by atoms with Gasteiger partial charge in [0, 0.05) is 11.6 Å². The van der Waals surface area contributed by atoms with Crippen LogP contribution in [0.2, 0.25) is 0 Å². The average molecular weight is 330 g/mol. The maximum absolute atomic E-state index is 11.3. The molecular weight excluding hydrogens is 304 g/mol. The fraction of sp³-hybridized carbons (Fsp3) is 0.625. The molecule has 0 rings (SSSR count). The van der Waals surface area contributed by atoms with Gasteiger partial charge in [-0.2, -0.15) is 0 Å². The molecule has 0 bridgehead atoms. The van der Waals surface area contributed by atoms with Crippen molar-refractivity contribution in [2.45, 2.75) is 13.8 Å². The van der Waals surface area contributed by atoms with E-state index in [1.807, 2.05) is 0 Å². The second-order valence-corrected chi connectivity index (χ2v) is 4.32. The highest BCUT2D eigenvalue weighted by Crippen LogP contribution is 1.95. The molecule has 0 saturated heterocycles. The van der Waals surface area contributed by atoms with Crippen LogP contribution in [0.4, 0.5) is 0 Å². The van der Waals surface area contributed by atoms with E-state index in [0.717, 1.165) is 6.08 Å². The molecule has 132 valence electrons. The van der Waals surface area contributed by atoms with Gasteiger partial charge in [0.2, 0.25) is 0 Å². The summed E-state index contributed by atoms with van der Waals surface area (Å²) in [5.41, 5.74) is 0.576. The van der Waals surface area contributed by atoms with Gasteiger partial charge >= 0.3 is 11.9 Å². The molecule has 0 fully saturated rings. The van der Waals surface area contributed by atoms with Crippen LogP contribution in [-0.2, 0) is 33.3 Å². The van der Waals surface area contributed by atoms with Gasteiger partial charge in [-0.15, -0.1) is 0 Å². The highest BCUT2D eigenvalue weighted by atomic mass is 16.6. The topological polar surface area (TPSA) is 80.3 Å². The van der Waals surface area contributed by atoms with Crippen molar-refractivity contribution < 1.29 is 33.3 Å². The Bertz CT molecular complexity index is 377. The van der Waals surface area contributed by atoms with Crippen LogP contribution in [-0.4, -0.2) is 64.8 Å². The minimum Gasteiger partial charge on any atom is -0.460 e. The summed E-state index contributed by atoms with van der Waals surface area (Å²) in [5.74, 6) is -0.795. The van der Waals surface area contributed by atoms with E-state index in [1.54, 1.807) is 19.9 Å². The lowest BCUT2D eigenvalue weighted by Crippen LogP contribution is -2.15. The molecule has 0 aromatic carbocycles. The van der Waals surface area contributed by atoms with Crippen LogP contribution in [0, 0.1) is 0 Å². The molecule has 7 nitrogen and oxygen atoms in total. The SMILES string of the molecule is C=CC(=O)OCCOCCOCCOCCOC(=O)C(C)=CC. The molecule has 0 saturated carbocycles. The van der Waals surface area contributed by atoms with E-state index < -0.39 is 5.97 Å². The fourth-order valence-corrected chi connectivity index (χ4v) is 1.23. The second-order valence-electron chi connectivity index (χ2n) is 4.32. The molecule has 0 spiro atoms. The second kappa shape index (κ2) is 15.2. The summed E-state index contributed by atoms with van der Waals surface area (Å²) in [6.45, 7) is 9.49. The Morgan fingerprint density at radius 2 is 1.26 bits per heavy atom. The summed E-state index contributed by atoms with van der Waals surface area (Å²) in [7, 11) is 0. The van der Waals surface area contributed by atoms with E-state index >= 15 is 0 Å². The van der Waals surface area contributed by atoms with Gasteiger partial charge < -0.3 is 23.7 Å². The Hall–Kier alpha value is -1.70. The third-order valence-corrected chi connectivity index (χ3v) is 2.60. The molecule has 0 aromatic heterocycles. The zero-order valence-corrected chi connectivity index (χ0v) is 13.9. The minimum absolute atomic E-state index is 0.194. The quantitative estimate of drug-likeness (QED) is 0.269. The molecule has 0 radical (unpaired) electrons. The van der Waals surface area contributed by atoms with Gasteiger partial charge in [-0.05, 0) is 13.8 Å². The Morgan fingerprint density at radius 1 is 0.826 bits per heavy atom. The number of carbonyl (C=O) groups is 2. The van der Waals surface area contributed by atoms with Gasteiger partial charge in [0.05, 0.1) is 39.6 Å². The molecule has 0 unspecified atom stereocenters. The van der Waals surface area contributed by atoms with Crippen molar-refractivity contribution in [1.82, 2.24) is 0 Å². The molecule has 7 heteroatoms. The first kappa shape index (κ1) is 21.3. The first-order valence-corrected chi connectivity index (χ1v) is 7.44. The highest BCUT2D eigenvalue weighted by Gasteiger charge is 2.03. The zero-order valence-electron chi connectivity index (χ0n) is 13.9. The van der Waals surface area contributed by atoms with E-state index in [-0.39, 0.29) is 19.2 Å². The Morgan fingerprint density at radius 3 is 1.70 bits per heavy atom. The standard InChI is InChI=1S/C16H26O7/c1-4-14(3)16(18)23-13-11-21-9-7-19-6-8-20-10-12-22-15(17)5-2/h4-5H,2,6-13H2,1,3H3. The molecule has 0 N–H and O–H groups in total. The van der Waals surface area contributed by atoms with Gasteiger partial charge in [-0.1, -0.05) is 12.7 Å². The van der Waals surface area contributed by atoms with E-state index in [2.05, 4.69) is 6.58 Å². The monoisotopic (exact) mass is 330 g/mol. The van der Waals surface area contributed by atoms with Crippen molar-refractivity contribution >= 4 is 11.9 Å². The van der Waals surface area contributed by atoms with Crippen LogP contribution in [0.15, 0.2) is 24.3 Å². The number of hydrogen-bond acceptors (Lipinski definition) is 7. The number of allylic oxidation sites excluding steroid dienone is 1. The smallest absolute Gasteiger partial charge is 0.333 e. The van der Waals surface area contributed by atoms with Crippen LogP contribution in [0.5, 0.6) is 0 Å². The number of carbonyl (C=O) groups excluding carboxylic acids is 2. The summed E-state index contributed by atoms with van der Waals surface area (Å²) >= 11 is 0. The average Bonchev–Trinajstić information content (AvgIpc) is 2.57. The van der Waals surface area contributed by atoms with E-state index in [9.17, 15) is 9.59 Å². The van der Waals surface area contributed by atoms with Crippen molar-refractivity contribution in [2.24, 2.45) is 0 Å². The van der Waals surface area contributed by atoms with Crippen molar-refractivity contribution in [1.29, 1.82) is 0 Å². The van der Waals surface area contributed by atoms with Gasteiger partial charge in [-0.3, -0.25) is 0 Å². The van der Waals surface area contributed by atoms with E-state index in [4.69, 9.17) is 23.7 Å². The molecule has 0 aliphatic heterocycles. The van der Waals surface area contributed by atoms with Crippen LogP contribution in [0.25, 0.3) is 0 Å². The van der Waals surface area contributed by atoms with Crippen molar-refractivity contribution in [3.8, 4) is 0 Å². The van der Waals surface area contributed by atoms with Crippen LogP contribution < -0.4 is 0 Å². The number of ether oxygens (including phenoxy) is 5. The summed E-state index contributed by atoms with van der Waals surface area (Å²) in [4.78, 5) is 22.0. The maximum atomic E-state index is 11.3. The maximum Gasteiger partial charge on any atom is 0.333 e. The fourth-order valence-electron chi connectivity index (χ4n) is 1.23. The number of hydrogen-bond donors (Lipinski definition) is 0. The first-order chi connectivity index (χ1) is 11.1. The Kier molecular flexibility index (Phi) is 14.1. The molecule has 0 amide bonds. The Labute approximate surface area is 137 Å². The predicted octanol–water partition coefficient (Wildman–Crippen LogP) is 1.27. The summed E-state index contributed by atoms with van der Waals surface area (Å²) in [6.07, 6.45) is 2.80. The molecule has 0 aliphatic carbocycles. The third kappa shape index (κ3) is 13.7. The molecule has 0 heterocycles. The largest absolute Gasteiger partial charge is 0.460 e. The van der Waals surface area contributed by atoms with Crippen LogP contribution in [0.3, 0.4) is 0 Å². The van der Waals surface area contributed by atoms with Crippen LogP contribution in [0.1, 0.15) is 13.8 Å². The summed E-state index contributed by atoms with van der Waals surface area (Å²) < 4.78 is 25.4. The molecule has 0 aromatic rings. The summed E-state index contributed by atoms with van der Waals surface area (Å²) in [6, 6.07) is 0. The lowest BCUT2D eigenvalue weighted by molar-refractivity contribution is -0.140. The lowest BCUT2D eigenvalue weighted by Gasteiger charge is -2.07. The molecule has 23 heavy (non-hydrogen) atoms. The molecule has 0 aliphatic rings. The van der Waals surface area contributed by atoms with Gasteiger partial charge in [-0.25, -0.2) is 9.59 Å². The normalized spacial score (nSPS) is 11.1. The van der Waals surface area contributed by atoms with Gasteiger partial charge in [0.25, 0.3) is 0 Å². The first-order valence-electron chi connectivity index (χ1n) is 7.44. The minimum atomic E-state index is -0.464. The Balaban J connectivity index is 3.21. The molecule has 0 atom stereocenters. The van der Waals surface area contributed by atoms with Crippen LogP contribution >= 0.6 is 0 Å². The lowest BCUT2D eigenvalue weighted by atomic mass is 10.3. The molecular formula is C16H26O7. The number of rotatable bonds is 14. The van der Waals surface area contributed by atoms with E-state index in [0.29, 0.717) is 45.2 Å². The van der Waals surface area contributed by atoms with E-state index in [1.165, 1.54) is 0 Å². The summed E-state index contributed by atoms with van der Waals surface area (Å²) in [5, 5.41) is 0. The number of esters is 2.